The molecule has 3 nitrogen and oxygen atoms in total. The van der Waals surface area contributed by atoms with Gasteiger partial charge in [0.15, 0.2) is 0 Å². The molecule has 1 aliphatic heterocycles. The molecule has 1 heterocycles. The zero-order chi connectivity index (χ0) is 19.5. The van der Waals surface area contributed by atoms with Gasteiger partial charge in [-0.05, 0) is 23.2 Å². The largest absolute Gasteiger partial charge is 0.351 e. The Kier molecular flexibility index (Phi) is 1.12. The number of fused-ring (bicyclic) bond motifs is 2. The fraction of sp³-hybridized carbons (Fsp3) is 0. The van der Waals surface area contributed by atoms with Crippen molar-refractivity contribution < 1.29 is 15.8 Å². The number of carbonyl (C=O) groups excluding carboxylic acids is 1. The van der Waals surface area contributed by atoms with Gasteiger partial charge in [-0.15, -0.1) is 0 Å². The van der Waals surface area contributed by atoms with E-state index in [1.807, 2.05) is 0 Å². The third-order valence-corrected chi connectivity index (χ3v) is 2.48. The molecule has 3 heteroatoms. The first kappa shape index (κ1) is 4.98. The summed E-state index contributed by atoms with van der Waals surface area (Å²) in [5, 5.41) is 0. The van der Waals surface area contributed by atoms with Crippen molar-refractivity contribution in [1.82, 2.24) is 0 Å². The molecule has 2 N–H and O–H groups in total. The van der Waals surface area contributed by atoms with Gasteiger partial charge in [-0.2, -0.15) is 0 Å². The predicted molar refractivity (Wildman–Crippen MR) is 73.5 cm³/mol. The monoisotopic (exact) mass is 244 g/mol. The number of anilines is 2. The van der Waals surface area contributed by atoms with Crippen LogP contribution in [-0.4, -0.2) is 6.03 Å². The van der Waals surface area contributed by atoms with E-state index >= 15 is 0 Å². The Balaban J connectivity index is 2.55. The Morgan fingerprint density at radius 1 is 0.944 bits per heavy atom. The predicted octanol–water partition coefficient (Wildman–Crippen LogP) is 3.39. The second-order valence-corrected chi connectivity index (χ2v) is 3.53. The van der Waals surface area contributed by atoms with E-state index in [-0.39, 0.29) is 22.5 Å². The van der Waals surface area contributed by atoms with E-state index in [4.69, 9.17) is 16.7 Å². The Morgan fingerprint density at radius 3 is 1.83 bits per heavy atom. The highest BCUT2D eigenvalue weighted by atomic mass is 16.2. The fourth-order valence-electron chi connectivity index (χ4n) is 1.72. The van der Waals surface area contributed by atoms with Crippen molar-refractivity contribution in [2.75, 3.05) is 4.90 Å². The minimum Gasteiger partial charge on any atom is -0.351 e. The maximum atomic E-state index is 12.2. The van der Waals surface area contributed by atoms with Crippen LogP contribution < -0.4 is 10.6 Å². The van der Waals surface area contributed by atoms with E-state index in [1.165, 1.54) is 12.2 Å². The summed E-state index contributed by atoms with van der Waals surface area (Å²) in [5.41, 5.74) is 4.84. The SMILES string of the molecule is [2H]c1c([2H])c([2H])c2c(c1[2H])C=Cc1c([2H])c([2H])c([2H])c([2H])c1N2C(N)=O. The zero-order valence-corrected chi connectivity index (χ0v) is 9.09. The number of benzene rings is 2. The van der Waals surface area contributed by atoms with Gasteiger partial charge in [-0.3, -0.25) is 4.90 Å². The van der Waals surface area contributed by atoms with Crippen LogP contribution in [0.25, 0.3) is 12.2 Å². The number of urea groups is 1. The normalized spacial score (nSPS) is 18.8. The minimum absolute atomic E-state index is 0.0390. The highest BCUT2D eigenvalue weighted by molar-refractivity contribution is 6.04. The molecule has 0 aliphatic carbocycles. The Morgan fingerprint density at radius 2 is 1.39 bits per heavy atom. The molecule has 3 rings (SSSR count). The van der Waals surface area contributed by atoms with E-state index < -0.39 is 54.4 Å². The van der Waals surface area contributed by atoms with Crippen LogP contribution in [0.1, 0.15) is 22.1 Å². The van der Waals surface area contributed by atoms with Gasteiger partial charge in [0.1, 0.15) is 0 Å². The van der Waals surface area contributed by atoms with Gasteiger partial charge in [0.05, 0.1) is 22.3 Å². The van der Waals surface area contributed by atoms with Crippen molar-refractivity contribution >= 4 is 29.6 Å². The lowest BCUT2D eigenvalue weighted by atomic mass is 10.1. The van der Waals surface area contributed by atoms with Gasteiger partial charge in [-0.25, -0.2) is 4.79 Å². The number of hydrogen-bond donors (Lipinski definition) is 1. The highest BCUT2D eigenvalue weighted by Crippen LogP contribution is 2.35. The number of para-hydroxylation sites is 2. The molecule has 2 amide bonds. The van der Waals surface area contributed by atoms with Crippen LogP contribution in [0.3, 0.4) is 0 Å². The summed E-state index contributed by atoms with van der Waals surface area (Å²) in [7, 11) is 0. The maximum Gasteiger partial charge on any atom is 0.323 e. The first-order valence-electron chi connectivity index (χ1n) is 9.07. The van der Waals surface area contributed by atoms with Crippen molar-refractivity contribution in [3.05, 3.63) is 59.5 Å². The number of amides is 2. The Bertz CT molecular complexity index is 945. The molecular weight excluding hydrogens is 224 g/mol. The molecule has 2 aromatic carbocycles. The number of nitrogens with two attached hydrogens (primary N) is 1. The molecule has 0 saturated carbocycles. The average molecular weight is 244 g/mol. The van der Waals surface area contributed by atoms with Crippen LogP contribution in [0.5, 0.6) is 0 Å². The average Bonchev–Trinajstić information content (AvgIpc) is 2.78. The van der Waals surface area contributed by atoms with Gasteiger partial charge >= 0.3 is 6.03 Å². The summed E-state index contributed by atoms with van der Waals surface area (Å²) in [6.07, 6.45) is 2.57. The Labute approximate surface area is 116 Å². The van der Waals surface area contributed by atoms with Crippen LogP contribution in [0.4, 0.5) is 16.2 Å². The molecule has 0 unspecified atom stereocenters. The molecule has 88 valence electrons. The molecule has 0 spiro atoms. The molecule has 0 bridgehead atoms. The molecule has 0 saturated heterocycles. The number of nitrogens with zero attached hydrogens (tertiary/aromatic N) is 1. The molecule has 2 aromatic rings. The van der Waals surface area contributed by atoms with Gasteiger partial charge in [-0.1, -0.05) is 48.4 Å². The summed E-state index contributed by atoms with van der Waals surface area (Å²) < 4.78 is 63.6. The topological polar surface area (TPSA) is 46.3 Å². The van der Waals surface area contributed by atoms with Gasteiger partial charge in [0.2, 0.25) is 0 Å². The summed E-state index contributed by atoms with van der Waals surface area (Å²) in [5.74, 6) is 0. The van der Waals surface area contributed by atoms with Gasteiger partial charge in [0, 0.05) is 0 Å². The van der Waals surface area contributed by atoms with Crippen LogP contribution in [0.2, 0.25) is 0 Å². The molecule has 1 aliphatic rings. The van der Waals surface area contributed by atoms with Crippen molar-refractivity contribution in [2.24, 2.45) is 5.73 Å². The van der Waals surface area contributed by atoms with Gasteiger partial charge < -0.3 is 5.73 Å². The molecular formula is C15H12N2O. The lowest BCUT2D eigenvalue weighted by molar-refractivity contribution is 0.256. The van der Waals surface area contributed by atoms with Crippen LogP contribution in [-0.2, 0) is 0 Å². The number of rotatable bonds is 0. The van der Waals surface area contributed by atoms with Gasteiger partial charge in [0.25, 0.3) is 0 Å². The van der Waals surface area contributed by atoms with Crippen molar-refractivity contribution in [3.8, 4) is 0 Å². The van der Waals surface area contributed by atoms with Crippen LogP contribution in [0, 0.1) is 0 Å². The van der Waals surface area contributed by atoms with Crippen molar-refractivity contribution in [2.45, 2.75) is 0 Å². The number of hydrogen-bond acceptors (Lipinski definition) is 1. The highest BCUT2D eigenvalue weighted by Gasteiger charge is 2.21. The third kappa shape index (κ3) is 1.57. The van der Waals surface area contributed by atoms with Crippen molar-refractivity contribution in [1.29, 1.82) is 0 Å². The summed E-state index contributed by atoms with van der Waals surface area (Å²) in [6, 6.07) is -5.21. The standard InChI is InChI=1S/C15H12N2O/c16-15(18)17-13-7-3-1-5-11(13)9-10-12-6-2-4-8-14(12)17/h1-10H,(H2,16,18)/i1D,2D,3D,4D,5D,6D,7D,8D. The van der Waals surface area contributed by atoms with Crippen molar-refractivity contribution in [3.63, 3.8) is 0 Å². The van der Waals surface area contributed by atoms with E-state index in [0.717, 1.165) is 0 Å². The molecule has 0 radical (unpaired) electrons. The van der Waals surface area contributed by atoms with E-state index in [0.29, 0.717) is 4.90 Å². The quantitative estimate of drug-likeness (QED) is 0.758. The Hall–Kier alpha value is -2.55. The van der Waals surface area contributed by atoms with E-state index in [9.17, 15) is 4.79 Å². The lowest BCUT2D eigenvalue weighted by Gasteiger charge is -2.22. The fourth-order valence-corrected chi connectivity index (χ4v) is 1.72. The van der Waals surface area contributed by atoms with E-state index in [2.05, 4.69) is 0 Å². The summed E-state index contributed by atoms with van der Waals surface area (Å²) >= 11 is 0. The number of carbonyl (C=O) groups is 1. The third-order valence-electron chi connectivity index (χ3n) is 2.48. The second-order valence-electron chi connectivity index (χ2n) is 3.53. The van der Waals surface area contributed by atoms with Crippen LogP contribution in [0.15, 0.2) is 48.3 Å². The summed E-state index contributed by atoms with van der Waals surface area (Å²) in [4.78, 5) is 12.9. The molecule has 0 atom stereocenters. The lowest BCUT2D eigenvalue weighted by Crippen LogP contribution is -2.32. The first-order valence-corrected chi connectivity index (χ1v) is 5.07. The smallest absolute Gasteiger partial charge is 0.323 e. The molecule has 18 heavy (non-hydrogen) atoms. The number of primary amides is 1. The molecule has 0 aromatic heterocycles. The van der Waals surface area contributed by atoms with Crippen LogP contribution >= 0.6 is 0 Å². The second kappa shape index (κ2) is 4.04. The minimum atomic E-state index is -1.13. The molecule has 0 fully saturated rings. The summed E-state index contributed by atoms with van der Waals surface area (Å²) in [6.45, 7) is 0. The maximum absolute atomic E-state index is 12.2. The zero-order valence-electron chi connectivity index (χ0n) is 17.1. The first-order chi connectivity index (χ1) is 12.1. The van der Waals surface area contributed by atoms with E-state index in [1.54, 1.807) is 0 Å².